The summed E-state index contributed by atoms with van der Waals surface area (Å²) in [7, 11) is 1.59. The first-order valence-corrected chi connectivity index (χ1v) is 10.9. The standard InChI is InChI=1S/C24H24F3N5O/c1-33-23-4-2-3-16(29-23)11-21-17-10-15(28)7-13(17)12-32(21)22-6-5-20(30-31-22)18-8-14(25)9-19(26)24(18)27/h2-6,8-9,13,15,17,21H,7,10-12,28H2,1H3/t13-,15+,17+,21+/m1/s1. The van der Waals surface area contributed by atoms with Gasteiger partial charge in [-0.2, -0.15) is 0 Å². The number of ether oxygens (including phenoxy) is 1. The zero-order valence-corrected chi connectivity index (χ0v) is 18.1. The van der Waals surface area contributed by atoms with Gasteiger partial charge >= 0.3 is 0 Å². The molecule has 1 aromatic carbocycles. The number of aromatic nitrogens is 3. The van der Waals surface area contributed by atoms with E-state index < -0.39 is 17.5 Å². The minimum absolute atomic E-state index is 0.0714. The van der Waals surface area contributed by atoms with Gasteiger partial charge in [-0.05, 0) is 48.9 Å². The number of hydrogen-bond acceptors (Lipinski definition) is 6. The smallest absolute Gasteiger partial charge is 0.213 e. The molecule has 1 aliphatic heterocycles. The molecule has 3 heterocycles. The molecule has 0 amide bonds. The van der Waals surface area contributed by atoms with E-state index in [1.165, 1.54) is 0 Å². The molecule has 33 heavy (non-hydrogen) atoms. The molecule has 0 bridgehead atoms. The fourth-order valence-electron chi connectivity index (χ4n) is 5.29. The lowest BCUT2D eigenvalue weighted by Crippen LogP contribution is -2.37. The summed E-state index contributed by atoms with van der Waals surface area (Å²) >= 11 is 0. The van der Waals surface area contributed by atoms with Gasteiger partial charge in [-0.15, -0.1) is 10.2 Å². The van der Waals surface area contributed by atoms with Gasteiger partial charge in [0.25, 0.3) is 0 Å². The van der Waals surface area contributed by atoms with E-state index in [-0.39, 0.29) is 23.3 Å². The van der Waals surface area contributed by atoms with Crippen molar-refractivity contribution in [2.45, 2.75) is 31.3 Å². The molecule has 0 radical (unpaired) electrons. The van der Waals surface area contributed by atoms with Crippen molar-refractivity contribution in [2.24, 2.45) is 17.6 Å². The molecule has 1 saturated heterocycles. The summed E-state index contributed by atoms with van der Waals surface area (Å²) in [6, 6.07) is 10.7. The number of nitrogens with zero attached hydrogens (tertiary/aromatic N) is 4. The molecule has 1 aliphatic carbocycles. The van der Waals surface area contributed by atoms with Gasteiger partial charge in [0, 0.05) is 48.4 Å². The van der Waals surface area contributed by atoms with Gasteiger partial charge in [0.05, 0.1) is 12.8 Å². The van der Waals surface area contributed by atoms with Gasteiger partial charge in [0.1, 0.15) is 5.82 Å². The summed E-state index contributed by atoms with van der Waals surface area (Å²) in [6.45, 7) is 0.782. The first kappa shape index (κ1) is 21.6. The first-order chi connectivity index (χ1) is 15.9. The zero-order chi connectivity index (χ0) is 23.1. The lowest BCUT2D eigenvalue weighted by Gasteiger charge is -2.29. The molecule has 172 valence electrons. The molecule has 0 spiro atoms. The van der Waals surface area contributed by atoms with Gasteiger partial charge in [-0.25, -0.2) is 18.2 Å². The Kier molecular flexibility index (Phi) is 5.65. The number of fused-ring (bicyclic) bond motifs is 1. The van der Waals surface area contributed by atoms with Gasteiger partial charge in [-0.1, -0.05) is 6.07 Å². The molecular formula is C24H24F3N5O. The third-order valence-electron chi connectivity index (χ3n) is 6.73. The molecule has 2 N–H and O–H groups in total. The molecule has 4 atom stereocenters. The van der Waals surface area contributed by atoms with Crippen molar-refractivity contribution in [3.63, 3.8) is 0 Å². The van der Waals surface area contributed by atoms with Crippen LogP contribution in [0.5, 0.6) is 5.88 Å². The van der Waals surface area contributed by atoms with E-state index in [0.29, 0.717) is 36.0 Å². The number of hydrogen-bond donors (Lipinski definition) is 1. The second-order valence-corrected chi connectivity index (χ2v) is 8.78. The molecule has 5 rings (SSSR count). The topological polar surface area (TPSA) is 77.2 Å². The predicted molar refractivity (Wildman–Crippen MR) is 117 cm³/mol. The molecular weight excluding hydrogens is 431 g/mol. The highest BCUT2D eigenvalue weighted by atomic mass is 19.2. The lowest BCUT2D eigenvalue weighted by atomic mass is 9.91. The average Bonchev–Trinajstić information content (AvgIpc) is 3.33. The molecule has 1 saturated carbocycles. The molecule has 2 aliphatic rings. The van der Waals surface area contributed by atoms with Crippen molar-refractivity contribution in [1.29, 1.82) is 0 Å². The number of nitrogens with two attached hydrogens (primary N) is 1. The van der Waals surface area contributed by atoms with E-state index in [0.717, 1.165) is 31.1 Å². The minimum Gasteiger partial charge on any atom is -0.481 e. The van der Waals surface area contributed by atoms with E-state index in [4.69, 9.17) is 10.5 Å². The Morgan fingerprint density at radius 1 is 1.09 bits per heavy atom. The summed E-state index contributed by atoms with van der Waals surface area (Å²) in [4.78, 5) is 6.76. The SMILES string of the molecule is COc1cccc(C[C@H]2[C@H]3C[C@@H](N)C[C@@H]3CN2c2ccc(-c3cc(F)cc(F)c3F)nn2)n1. The van der Waals surface area contributed by atoms with E-state index in [1.54, 1.807) is 19.2 Å². The van der Waals surface area contributed by atoms with Crippen LogP contribution in [0.1, 0.15) is 18.5 Å². The molecule has 6 nitrogen and oxygen atoms in total. The van der Waals surface area contributed by atoms with Crippen LogP contribution < -0.4 is 15.4 Å². The van der Waals surface area contributed by atoms with E-state index in [1.807, 2.05) is 18.2 Å². The van der Waals surface area contributed by atoms with Crippen molar-refractivity contribution in [1.82, 2.24) is 15.2 Å². The Balaban J connectivity index is 1.44. The van der Waals surface area contributed by atoms with Crippen LogP contribution in [0.4, 0.5) is 19.0 Å². The second kappa shape index (κ2) is 8.62. The third kappa shape index (κ3) is 4.13. The number of pyridine rings is 1. The molecule has 2 aromatic heterocycles. The normalized spacial score (nSPS) is 24.2. The fraction of sp³-hybridized carbons (Fsp3) is 0.375. The fourth-order valence-corrected chi connectivity index (χ4v) is 5.29. The molecule has 9 heteroatoms. The molecule has 3 aromatic rings. The number of rotatable bonds is 5. The Hall–Kier alpha value is -3.20. The van der Waals surface area contributed by atoms with Crippen molar-refractivity contribution in [3.8, 4) is 17.1 Å². The van der Waals surface area contributed by atoms with Crippen LogP contribution in [0, 0.1) is 29.3 Å². The van der Waals surface area contributed by atoms with Gasteiger partial charge in [0.15, 0.2) is 17.5 Å². The number of benzene rings is 1. The molecule has 2 fully saturated rings. The predicted octanol–water partition coefficient (Wildman–Crippen LogP) is 3.75. The third-order valence-corrected chi connectivity index (χ3v) is 6.73. The average molecular weight is 455 g/mol. The summed E-state index contributed by atoms with van der Waals surface area (Å²) in [5.41, 5.74) is 6.98. The largest absolute Gasteiger partial charge is 0.481 e. The summed E-state index contributed by atoms with van der Waals surface area (Å²) < 4.78 is 46.7. The van der Waals surface area contributed by atoms with Crippen LogP contribution in [0.25, 0.3) is 11.3 Å². The van der Waals surface area contributed by atoms with Crippen molar-refractivity contribution in [2.75, 3.05) is 18.6 Å². The molecule has 0 unspecified atom stereocenters. The number of halogens is 3. The maximum Gasteiger partial charge on any atom is 0.213 e. The Labute approximate surface area is 189 Å². The zero-order valence-electron chi connectivity index (χ0n) is 18.1. The summed E-state index contributed by atoms with van der Waals surface area (Å²) in [5.74, 6) is -1.26. The van der Waals surface area contributed by atoms with Crippen LogP contribution in [-0.2, 0) is 6.42 Å². The van der Waals surface area contributed by atoms with Crippen molar-refractivity contribution >= 4 is 5.82 Å². The highest BCUT2D eigenvalue weighted by Crippen LogP contribution is 2.44. The van der Waals surface area contributed by atoms with Gasteiger partial charge in [0.2, 0.25) is 5.88 Å². The maximum atomic E-state index is 14.2. The highest BCUT2D eigenvalue weighted by Gasteiger charge is 2.47. The first-order valence-electron chi connectivity index (χ1n) is 10.9. The van der Waals surface area contributed by atoms with Crippen LogP contribution in [0.15, 0.2) is 42.5 Å². The highest BCUT2D eigenvalue weighted by molar-refractivity contribution is 5.61. The van der Waals surface area contributed by atoms with Gasteiger partial charge in [-0.3, -0.25) is 0 Å². The van der Waals surface area contributed by atoms with E-state index in [9.17, 15) is 13.2 Å². The summed E-state index contributed by atoms with van der Waals surface area (Å²) in [6.07, 6.45) is 2.57. The quantitative estimate of drug-likeness (QED) is 0.591. The van der Waals surface area contributed by atoms with Crippen LogP contribution in [-0.4, -0.2) is 40.9 Å². The summed E-state index contributed by atoms with van der Waals surface area (Å²) in [5, 5.41) is 8.39. The van der Waals surface area contributed by atoms with E-state index >= 15 is 0 Å². The van der Waals surface area contributed by atoms with Gasteiger partial charge < -0.3 is 15.4 Å². The van der Waals surface area contributed by atoms with Crippen LogP contribution >= 0.6 is 0 Å². The minimum atomic E-state index is -1.26. The maximum absolute atomic E-state index is 14.2. The van der Waals surface area contributed by atoms with Crippen LogP contribution in [0.2, 0.25) is 0 Å². The lowest BCUT2D eigenvalue weighted by molar-refractivity contribution is 0.390. The van der Waals surface area contributed by atoms with E-state index in [2.05, 4.69) is 20.1 Å². The Morgan fingerprint density at radius 2 is 1.94 bits per heavy atom. The second-order valence-electron chi connectivity index (χ2n) is 8.78. The van der Waals surface area contributed by atoms with Crippen LogP contribution in [0.3, 0.4) is 0 Å². The monoisotopic (exact) mass is 455 g/mol. The Bertz CT molecular complexity index is 1160. The van der Waals surface area contributed by atoms with Crippen molar-refractivity contribution < 1.29 is 17.9 Å². The number of methoxy groups -OCH3 is 1. The number of anilines is 1. The Morgan fingerprint density at radius 3 is 2.70 bits per heavy atom. The van der Waals surface area contributed by atoms with Crippen molar-refractivity contribution in [3.05, 3.63) is 65.6 Å².